The highest BCUT2D eigenvalue weighted by molar-refractivity contribution is 7.10. The zero-order valence-corrected chi connectivity index (χ0v) is 17.3. The molecule has 2 N–H and O–H groups in total. The molecule has 1 heterocycles. The maximum absolute atomic E-state index is 12.6. The third-order valence-corrected chi connectivity index (χ3v) is 5.36. The molecule has 3 aromatic rings. The van der Waals surface area contributed by atoms with Crippen LogP contribution in [0.4, 0.5) is 0 Å². The number of rotatable bonds is 6. The van der Waals surface area contributed by atoms with E-state index in [0.29, 0.717) is 21.2 Å². The summed E-state index contributed by atoms with van der Waals surface area (Å²) in [7, 11) is 0. The molecule has 2 amide bonds. The molecule has 0 saturated heterocycles. The largest absolute Gasteiger partial charge is 0.317 e. The minimum atomic E-state index is -0.572. The predicted octanol–water partition coefficient (Wildman–Crippen LogP) is 4.98. The summed E-state index contributed by atoms with van der Waals surface area (Å²) in [4.78, 5) is 25.9. The van der Waals surface area contributed by atoms with Crippen LogP contribution in [0, 0.1) is 0 Å². The van der Waals surface area contributed by atoms with E-state index in [4.69, 9.17) is 23.2 Å². The van der Waals surface area contributed by atoms with E-state index in [0.717, 1.165) is 4.88 Å². The Morgan fingerprint density at radius 2 is 1.76 bits per heavy atom. The molecule has 0 fully saturated rings. The Morgan fingerprint density at radius 3 is 2.48 bits per heavy atom. The third kappa shape index (κ3) is 5.77. The highest BCUT2D eigenvalue weighted by atomic mass is 35.5. The fraction of sp³-hybridized carbons (Fsp3) is 0. The molecular weight excluding hydrogens is 429 g/mol. The molecule has 0 spiro atoms. The smallest absolute Gasteiger partial charge is 0.287 e. The second-order valence-corrected chi connectivity index (χ2v) is 7.50. The van der Waals surface area contributed by atoms with E-state index >= 15 is 0 Å². The summed E-state index contributed by atoms with van der Waals surface area (Å²) in [6, 6.07) is 17.4. The molecule has 0 aliphatic rings. The van der Waals surface area contributed by atoms with Crippen LogP contribution in [0.5, 0.6) is 0 Å². The molecule has 0 aliphatic heterocycles. The fourth-order valence-corrected chi connectivity index (χ4v) is 3.31. The quantitative estimate of drug-likeness (QED) is 0.320. The third-order valence-electron chi connectivity index (χ3n) is 3.71. The van der Waals surface area contributed by atoms with E-state index in [-0.39, 0.29) is 5.70 Å². The number of hydrogen-bond acceptors (Lipinski definition) is 4. The number of nitrogens with one attached hydrogen (secondary N) is 2. The molecule has 0 bridgehead atoms. The molecule has 5 nitrogen and oxygen atoms in total. The molecule has 0 aliphatic carbocycles. The minimum absolute atomic E-state index is 0.0654. The van der Waals surface area contributed by atoms with Gasteiger partial charge in [0.05, 0.1) is 16.3 Å². The number of nitrogens with zero attached hydrogens (tertiary/aromatic N) is 1. The molecule has 0 atom stereocenters. The Labute approximate surface area is 181 Å². The summed E-state index contributed by atoms with van der Waals surface area (Å²) < 4.78 is 0. The lowest BCUT2D eigenvalue weighted by Crippen LogP contribution is -2.32. The summed E-state index contributed by atoms with van der Waals surface area (Å²) in [5.74, 6) is -0.970. The molecule has 2 aromatic carbocycles. The monoisotopic (exact) mass is 443 g/mol. The minimum Gasteiger partial charge on any atom is -0.317 e. The average Bonchev–Trinajstić information content (AvgIpc) is 3.24. The SMILES string of the molecule is O=C(NN=Cc1cccc(Cl)c1Cl)C(=Cc1cccs1)NC(=O)c1ccccc1. The fourth-order valence-electron chi connectivity index (χ4n) is 2.30. The van der Waals surface area contributed by atoms with E-state index in [1.807, 2.05) is 23.6 Å². The van der Waals surface area contributed by atoms with Crippen molar-refractivity contribution in [2.45, 2.75) is 0 Å². The van der Waals surface area contributed by atoms with Gasteiger partial charge in [0.1, 0.15) is 5.70 Å². The van der Waals surface area contributed by atoms with Crippen LogP contribution in [0.1, 0.15) is 20.8 Å². The van der Waals surface area contributed by atoms with Gasteiger partial charge in [-0.25, -0.2) is 5.43 Å². The lowest BCUT2D eigenvalue weighted by Gasteiger charge is -2.08. The van der Waals surface area contributed by atoms with Gasteiger partial charge >= 0.3 is 0 Å². The average molecular weight is 444 g/mol. The van der Waals surface area contributed by atoms with Crippen molar-refractivity contribution in [3.05, 3.63) is 97.8 Å². The van der Waals surface area contributed by atoms with Crippen molar-refractivity contribution < 1.29 is 9.59 Å². The molecule has 0 unspecified atom stereocenters. The lowest BCUT2D eigenvalue weighted by molar-refractivity contribution is -0.117. The van der Waals surface area contributed by atoms with Gasteiger partial charge in [-0.3, -0.25) is 9.59 Å². The first-order valence-corrected chi connectivity index (χ1v) is 10.1. The van der Waals surface area contributed by atoms with Crippen LogP contribution >= 0.6 is 34.5 Å². The Bertz CT molecular complexity index is 1060. The first-order chi connectivity index (χ1) is 14.0. The zero-order chi connectivity index (χ0) is 20.6. The standard InChI is InChI=1S/C21H15Cl2N3O2S/c22-17-10-4-8-15(19(17)23)13-24-26-21(28)18(12-16-9-5-11-29-16)25-20(27)14-6-2-1-3-7-14/h1-13H,(H,25,27)(H,26,28). The van der Waals surface area contributed by atoms with Gasteiger partial charge in [0.25, 0.3) is 11.8 Å². The number of halogens is 2. The molecule has 1 aromatic heterocycles. The molecule has 0 saturated carbocycles. The van der Waals surface area contributed by atoms with E-state index in [2.05, 4.69) is 15.8 Å². The van der Waals surface area contributed by atoms with Crippen LogP contribution in [0.2, 0.25) is 10.0 Å². The van der Waals surface area contributed by atoms with Gasteiger partial charge in [0.2, 0.25) is 0 Å². The summed E-state index contributed by atoms with van der Waals surface area (Å²) in [6.45, 7) is 0. The van der Waals surface area contributed by atoms with Gasteiger partial charge in [-0.05, 0) is 35.7 Å². The van der Waals surface area contributed by atoms with Crippen LogP contribution < -0.4 is 10.7 Å². The normalized spacial score (nSPS) is 11.4. The van der Waals surface area contributed by atoms with Crippen molar-refractivity contribution in [2.75, 3.05) is 0 Å². The van der Waals surface area contributed by atoms with Crippen molar-refractivity contribution in [1.82, 2.24) is 10.7 Å². The number of benzene rings is 2. The van der Waals surface area contributed by atoms with E-state index in [1.165, 1.54) is 17.6 Å². The zero-order valence-electron chi connectivity index (χ0n) is 14.9. The van der Waals surface area contributed by atoms with Crippen LogP contribution in [-0.4, -0.2) is 18.0 Å². The Hall–Kier alpha value is -2.93. The topological polar surface area (TPSA) is 70.6 Å². The van der Waals surface area contributed by atoms with Gasteiger partial charge in [-0.15, -0.1) is 11.3 Å². The lowest BCUT2D eigenvalue weighted by atomic mass is 10.2. The molecular formula is C21H15Cl2N3O2S. The van der Waals surface area contributed by atoms with Crippen LogP contribution in [0.25, 0.3) is 6.08 Å². The first kappa shape index (κ1) is 20.8. The highest BCUT2D eigenvalue weighted by Gasteiger charge is 2.14. The van der Waals surface area contributed by atoms with Crippen molar-refractivity contribution in [3.63, 3.8) is 0 Å². The van der Waals surface area contributed by atoms with Gasteiger partial charge in [-0.1, -0.05) is 59.6 Å². The summed E-state index contributed by atoms with van der Waals surface area (Å²) in [6.07, 6.45) is 2.97. The molecule has 146 valence electrons. The summed E-state index contributed by atoms with van der Waals surface area (Å²) >= 11 is 13.5. The molecule has 8 heteroatoms. The first-order valence-electron chi connectivity index (χ1n) is 8.43. The van der Waals surface area contributed by atoms with Gasteiger partial charge < -0.3 is 5.32 Å². The van der Waals surface area contributed by atoms with E-state index in [9.17, 15) is 9.59 Å². The van der Waals surface area contributed by atoms with Crippen LogP contribution in [0.15, 0.2) is 76.8 Å². The van der Waals surface area contributed by atoms with Gasteiger partial charge in [0.15, 0.2) is 0 Å². The Morgan fingerprint density at radius 1 is 0.966 bits per heavy atom. The number of hydrazone groups is 1. The second kappa shape index (κ2) is 10.0. The maximum atomic E-state index is 12.6. The van der Waals surface area contributed by atoms with Crippen molar-refractivity contribution in [2.24, 2.45) is 5.10 Å². The van der Waals surface area contributed by atoms with Crippen LogP contribution in [0.3, 0.4) is 0 Å². The highest BCUT2D eigenvalue weighted by Crippen LogP contribution is 2.24. The molecule has 29 heavy (non-hydrogen) atoms. The van der Waals surface area contributed by atoms with Crippen LogP contribution in [-0.2, 0) is 4.79 Å². The number of carbonyl (C=O) groups is 2. The second-order valence-electron chi connectivity index (χ2n) is 5.74. The summed E-state index contributed by atoms with van der Waals surface area (Å²) in [5.41, 5.74) is 3.45. The summed E-state index contributed by atoms with van der Waals surface area (Å²) in [5, 5.41) is 9.15. The van der Waals surface area contributed by atoms with Gasteiger partial charge in [0, 0.05) is 16.0 Å². The van der Waals surface area contributed by atoms with Crippen molar-refractivity contribution in [1.29, 1.82) is 0 Å². The number of amides is 2. The van der Waals surface area contributed by atoms with E-state index in [1.54, 1.807) is 48.5 Å². The Balaban J connectivity index is 1.77. The molecule has 0 radical (unpaired) electrons. The number of carbonyl (C=O) groups excluding carboxylic acids is 2. The van der Waals surface area contributed by atoms with E-state index < -0.39 is 11.8 Å². The number of hydrogen-bond donors (Lipinski definition) is 2. The van der Waals surface area contributed by atoms with Gasteiger partial charge in [-0.2, -0.15) is 5.10 Å². The Kier molecular flexibility index (Phi) is 7.19. The molecule has 3 rings (SSSR count). The predicted molar refractivity (Wildman–Crippen MR) is 118 cm³/mol. The maximum Gasteiger partial charge on any atom is 0.287 e. The van der Waals surface area contributed by atoms with Crippen molar-refractivity contribution >= 4 is 58.6 Å². The number of thiophene rings is 1. The van der Waals surface area contributed by atoms with Crippen molar-refractivity contribution in [3.8, 4) is 0 Å².